The van der Waals surface area contributed by atoms with Crippen molar-refractivity contribution in [1.29, 1.82) is 0 Å². The van der Waals surface area contributed by atoms with Crippen molar-refractivity contribution in [2.75, 3.05) is 0 Å². The number of carboxylic acids is 1. The number of carbonyl (C=O) groups is 1. The van der Waals surface area contributed by atoms with Crippen LogP contribution in [0.1, 0.15) is 15.9 Å². The van der Waals surface area contributed by atoms with E-state index in [0.29, 0.717) is 0 Å². The van der Waals surface area contributed by atoms with Crippen LogP contribution in [0, 0.1) is 6.92 Å². The number of carbonyl (C=O) groups excluding carboxylic acids is 4. The van der Waals surface area contributed by atoms with Gasteiger partial charge in [-0.25, -0.2) is 0 Å². The quantitative estimate of drug-likeness (QED) is 0.664. The molecule has 0 aliphatic heterocycles. The molecule has 1 aromatic carbocycles. The molecule has 87 valence electrons. The predicted octanol–water partition coefficient (Wildman–Crippen LogP) is -0.835. The third-order valence-electron chi connectivity index (χ3n) is 1.61. The van der Waals surface area contributed by atoms with E-state index in [0.717, 1.165) is 5.56 Å². The molecule has 1 aromatic rings. The van der Waals surface area contributed by atoms with E-state index in [1.165, 1.54) is 20.3 Å². The molecular formula is C11H7CrO5. The Labute approximate surface area is 99.9 Å². The van der Waals surface area contributed by atoms with E-state index in [4.69, 9.17) is 0 Å². The first-order valence-electron chi connectivity index (χ1n) is 4.21. The van der Waals surface area contributed by atoms with Crippen LogP contribution in [0.25, 0.3) is 0 Å². The van der Waals surface area contributed by atoms with E-state index in [-0.39, 0.29) is 5.56 Å². The van der Waals surface area contributed by atoms with Gasteiger partial charge in [-0.1, -0.05) is 24.3 Å². The van der Waals surface area contributed by atoms with Crippen molar-refractivity contribution in [3.05, 3.63) is 35.4 Å². The van der Waals surface area contributed by atoms with Crippen molar-refractivity contribution >= 4 is 20.2 Å². The van der Waals surface area contributed by atoms with Gasteiger partial charge in [-0.05, 0) is 12.5 Å². The summed E-state index contributed by atoms with van der Waals surface area (Å²) >= 11 is -2.47. The molecule has 0 unspecified atom stereocenters. The van der Waals surface area contributed by atoms with Crippen molar-refractivity contribution in [3.8, 4) is 0 Å². The Balaban J connectivity index is 0.000000325. The first kappa shape index (κ1) is 15.0. The van der Waals surface area contributed by atoms with Gasteiger partial charge in [-0.15, -0.1) is 0 Å². The van der Waals surface area contributed by atoms with Crippen molar-refractivity contribution in [2.45, 2.75) is 6.92 Å². The van der Waals surface area contributed by atoms with Gasteiger partial charge in [-0.2, -0.15) is 0 Å². The van der Waals surface area contributed by atoms with Crippen LogP contribution in [-0.4, -0.2) is 20.2 Å². The second-order valence-electron chi connectivity index (χ2n) is 2.66. The molecule has 6 heteroatoms. The molecule has 0 N–H and O–H groups in total. The van der Waals surface area contributed by atoms with Crippen molar-refractivity contribution in [3.63, 3.8) is 0 Å². The van der Waals surface area contributed by atoms with Crippen LogP contribution in [0.4, 0.5) is 0 Å². The number of aryl methyl sites for hydroxylation is 1. The molecule has 17 heavy (non-hydrogen) atoms. The van der Waals surface area contributed by atoms with E-state index < -0.39 is 18.8 Å². The van der Waals surface area contributed by atoms with Gasteiger partial charge >= 0.3 is 41.5 Å². The summed E-state index contributed by atoms with van der Waals surface area (Å²) in [5.74, 6) is -1.11. The zero-order valence-electron chi connectivity index (χ0n) is 8.76. The fourth-order valence-corrected chi connectivity index (χ4v) is 1.01. The van der Waals surface area contributed by atoms with E-state index in [9.17, 15) is 24.3 Å². The number of aromatic carboxylic acids is 1. The second-order valence-corrected chi connectivity index (χ2v) is 4.40. The number of benzene rings is 1. The molecule has 0 aliphatic carbocycles. The van der Waals surface area contributed by atoms with Gasteiger partial charge in [0.15, 0.2) is 0 Å². The van der Waals surface area contributed by atoms with Crippen LogP contribution >= 0.6 is 0 Å². The minimum absolute atomic E-state index is 0.266. The Morgan fingerprint density at radius 3 is 1.82 bits per heavy atom. The second kappa shape index (κ2) is 8.15. The van der Waals surface area contributed by atoms with Crippen molar-refractivity contribution < 1.29 is 37.1 Å². The Morgan fingerprint density at radius 2 is 1.59 bits per heavy atom. The van der Waals surface area contributed by atoms with Crippen LogP contribution in [0.2, 0.25) is 0 Å². The number of hydrogen-bond acceptors (Lipinski definition) is 5. The maximum atomic E-state index is 10.3. The maximum absolute atomic E-state index is 10.3. The van der Waals surface area contributed by atoms with Crippen LogP contribution in [0.5, 0.6) is 0 Å². The van der Waals surface area contributed by atoms with Crippen molar-refractivity contribution in [2.24, 2.45) is 0 Å². The van der Waals surface area contributed by atoms with Gasteiger partial charge in [0.25, 0.3) is 0 Å². The summed E-state index contributed by atoms with van der Waals surface area (Å²) in [5.41, 5.74) is 1.00. The fourth-order valence-electron chi connectivity index (χ4n) is 0.853. The summed E-state index contributed by atoms with van der Waals surface area (Å²) in [6, 6.07) is 6.75. The summed E-state index contributed by atoms with van der Waals surface area (Å²) in [6.45, 7) is 1.74. The predicted molar refractivity (Wildman–Crippen MR) is 52.6 cm³/mol. The van der Waals surface area contributed by atoms with Crippen LogP contribution in [0.15, 0.2) is 24.3 Å². The molecule has 0 saturated carbocycles. The Hall–Kier alpha value is -2.04. The zero-order chi connectivity index (χ0) is 13.3. The van der Waals surface area contributed by atoms with E-state index >= 15 is 0 Å². The molecule has 0 spiro atoms. The molecule has 0 radical (unpaired) electrons. The molecule has 1 rings (SSSR count). The molecule has 0 aliphatic rings. The molecule has 0 heterocycles. The summed E-state index contributed by atoms with van der Waals surface area (Å²) in [4.78, 5) is 38.4. The molecular weight excluding hydrogens is 264 g/mol. The Morgan fingerprint density at radius 1 is 1.12 bits per heavy atom. The van der Waals surface area contributed by atoms with Gasteiger partial charge in [0, 0.05) is 5.56 Å². The molecule has 0 fully saturated rings. The van der Waals surface area contributed by atoms with Gasteiger partial charge in [-0.3, -0.25) is 0 Å². The zero-order valence-corrected chi connectivity index (χ0v) is 10.0. The molecule has 5 nitrogen and oxygen atoms in total. The molecule has 0 aromatic heterocycles. The normalized spacial score (nSPS) is 7.59. The van der Waals surface area contributed by atoms with Gasteiger partial charge in [0.1, 0.15) is 0 Å². The third-order valence-corrected chi connectivity index (χ3v) is 2.40. The number of hydrogen-bond donors (Lipinski definition) is 0. The SMILES string of the molecule is Cc1ccccc1C(=O)[O-].O=[C]=[Cr+](=[C]=O)=[C]=O. The first-order chi connectivity index (χ1) is 8.06. The topological polar surface area (TPSA) is 91.3 Å². The van der Waals surface area contributed by atoms with Gasteiger partial charge in [0.05, 0.1) is 5.97 Å². The van der Waals surface area contributed by atoms with Crippen LogP contribution in [-0.2, 0) is 27.2 Å². The summed E-state index contributed by atoms with van der Waals surface area (Å²) in [7, 11) is 0. The molecule has 0 amide bonds. The number of carboxylic acid groups (broad SMARTS) is 1. The molecule has 0 atom stereocenters. The Bertz CT molecular complexity index is 580. The minimum atomic E-state index is -2.47. The summed E-state index contributed by atoms with van der Waals surface area (Å²) in [6.07, 6.45) is 0. The summed E-state index contributed by atoms with van der Waals surface area (Å²) in [5, 5.41) is 10.3. The fraction of sp³-hybridized carbons (Fsp3) is 0.0909. The van der Waals surface area contributed by atoms with E-state index in [1.54, 1.807) is 25.1 Å². The molecule has 0 saturated heterocycles. The van der Waals surface area contributed by atoms with Crippen molar-refractivity contribution in [1.82, 2.24) is 0 Å². The van der Waals surface area contributed by atoms with E-state index in [1.807, 2.05) is 0 Å². The number of rotatable bonds is 1. The van der Waals surface area contributed by atoms with E-state index in [2.05, 4.69) is 0 Å². The summed E-state index contributed by atoms with van der Waals surface area (Å²) < 4.78 is 3.69. The van der Waals surface area contributed by atoms with Gasteiger partial charge < -0.3 is 9.90 Å². The van der Waals surface area contributed by atoms with Crippen LogP contribution < -0.4 is 5.11 Å². The Kier molecular flexibility index (Phi) is 7.18. The standard InChI is InChI=1S/C8H8O2.3CO.Cr/c1-6-4-2-3-5-7(6)8(9)10;3*1-2;/h2-5H,1H3,(H,9,10);;;;/q;;;;+1/p-1. The third kappa shape index (κ3) is 5.56. The average molecular weight is 271 g/mol. The van der Waals surface area contributed by atoms with Crippen LogP contribution in [0.3, 0.4) is 0 Å². The molecule has 0 bridgehead atoms. The average Bonchev–Trinajstić information content (AvgIpc) is 2.32. The first-order valence-corrected chi connectivity index (χ1v) is 6.12. The monoisotopic (exact) mass is 271 g/mol. The van der Waals surface area contributed by atoms with Gasteiger partial charge in [0.2, 0.25) is 0 Å².